The van der Waals surface area contributed by atoms with Gasteiger partial charge in [0.15, 0.2) is 0 Å². The van der Waals surface area contributed by atoms with E-state index in [-0.39, 0.29) is 17.2 Å². The number of piperidine rings is 1. The second-order valence-corrected chi connectivity index (χ2v) is 9.39. The Morgan fingerprint density at radius 2 is 1.79 bits per heavy atom. The highest BCUT2D eigenvalue weighted by atomic mass is 16.6. The number of carbonyl (C=O) groups excluding carboxylic acids is 2. The van der Waals surface area contributed by atoms with Gasteiger partial charge in [0.1, 0.15) is 16.9 Å². The number of hydrogen-bond acceptors (Lipinski definition) is 5. The Bertz CT molecular complexity index is 1050. The van der Waals surface area contributed by atoms with Gasteiger partial charge in [-0.15, -0.1) is 0 Å². The fraction of sp³-hybridized carbons (Fsp3) is 0.423. The van der Waals surface area contributed by atoms with Crippen LogP contribution in [-0.4, -0.2) is 53.8 Å². The third kappa shape index (κ3) is 6.50. The highest BCUT2D eigenvalue weighted by Crippen LogP contribution is 2.30. The highest BCUT2D eigenvalue weighted by Gasteiger charge is 2.26. The lowest BCUT2D eigenvalue weighted by molar-refractivity contribution is 0.0522. The van der Waals surface area contributed by atoms with Crippen molar-refractivity contribution in [2.75, 3.05) is 20.2 Å². The maximum absolute atomic E-state index is 13.0. The summed E-state index contributed by atoms with van der Waals surface area (Å²) >= 11 is 0. The van der Waals surface area contributed by atoms with E-state index in [0.29, 0.717) is 31.1 Å². The van der Waals surface area contributed by atoms with Crippen molar-refractivity contribution >= 4 is 18.0 Å². The molecule has 0 unspecified atom stereocenters. The monoisotopic (exact) mass is 468 g/mol. The van der Waals surface area contributed by atoms with E-state index >= 15 is 0 Å². The average Bonchev–Trinajstić information content (AvgIpc) is 2.81. The molecule has 3 rings (SSSR count). The molecule has 0 saturated carbocycles. The van der Waals surface area contributed by atoms with Crippen LogP contribution >= 0.6 is 0 Å². The molecule has 0 bridgehead atoms. The van der Waals surface area contributed by atoms with Gasteiger partial charge in [0, 0.05) is 25.2 Å². The summed E-state index contributed by atoms with van der Waals surface area (Å²) in [6.07, 6.45) is 1.15. The summed E-state index contributed by atoms with van der Waals surface area (Å²) in [5.74, 6) is -0.787. The SMILES string of the molecule is COc1ccc(C(=O)N2CCC(c3cccc(CNC(=O)OC(C)(C)C)c3)CC2)cc1C(=O)O. The van der Waals surface area contributed by atoms with E-state index in [9.17, 15) is 19.5 Å². The number of carboxylic acid groups (broad SMARTS) is 1. The van der Waals surface area contributed by atoms with E-state index in [1.165, 1.54) is 24.8 Å². The molecule has 0 spiro atoms. The minimum atomic E-state index is -1.13. The normalized spacial score (nSPS) is 14.4. The van der Waals surface area contributed by atoms with Crippen molar-refractivity contribution in [3.05, 3.63) is 64.7 Å². The number of carbonyl (C=O) groups is 3. The van der Waals surface area contributed by atoms with Crippen LogP contribution in [0, 0.1) is 0 Å². The molecule has 2 amide bonds. The fourth-order valence-corrected chi connectivity index (χ4v) is 4.05. The number of hydrogen-bond donors (Lipinski definition) is 2. The molecular weight excluding hydrogens is 436 g/mol. The Hall–Kier alpha value is -3.55. The lowest BCUT2D eigenvalue weighted by Crippen LogP contribution is -2.38. The lowest BCUT2D eigenvalue weighted by Gasteiger charge is -2.32. The molecule has 0 radical (unpaired) electrons. The smallest absolute Gasteiger partial charge is 0.407 e. The highest BCUT2D eigenvalue weighted by molar-refractivity contribution is 5.99. The first-order chi connectivity index (χ1) is 16.1. The Kier molecular flexibility index (Phi) is 7.81. The minimum Gasteiger partial charge on any atom is -0.496 e. The van der Waals surface area contributed by atoms with Crippen LogP contribution in [0.1, 0.15) is 71.4 Å². The van der Waals surface area contributed by atoms with E-state index in [1.54, 1.807) is 11.0 Å². The molecule has 8 nitrogen and oxygen atoms in total. The van der Waals surface area contributed by atoms with E-state index in [0.717, 1.165) is 18.4 Å². The molecule has 0 aliphatic carbocycles. The van der Waals surface area contributed by atoms with Crippen LogP contribution in [0.2, 0.25) is 0 Å². The van der Waals surface area contributed by atoms with E-state index < -0.39 is 17.7 Å². The van der Waals surface area contributed by atoms with Crippen LogP contribution in [0.5, 0.6) is 5.75 Å². The van der Waals surface area contributed by atoms with Crippen molar-refractivity contribution in [1.82, 2.24) is 10.2 Å². The molecule has 2 aromatic rings. The maximum Gasteiger partial charge on any atom is 0.407 e. The minimum absolute atomic E-state index is 0.0277. The van der Waals surface area contributed by atoms with Crippen molar-refractivity contribution in [3.8, 4) is 5.75 Å². The van der Waals surface area contributed by atoms with Gasteiger partial charge in [-0.2, -0.15) is 0 Å². The average molecular weight is 469 g/mol. The standard InChI is InChI=1S/C26H32N2O6/c1-26(2,3)34-25(32)27-16-17-6-5-7-19(14-17)18-10-12-28(13-11-18)23(29)20-8-9-22(33-4)21(15-20)24(30)31/h5-9,14-15,18H,10-13,16H2,1-4H3,(H,27,32)(H,30,31). The summed E-state index contributed by atoms with van der Waals surface area (Å²) in [4.78, 5) is 38.1. The third-order valence-electron chi connectivity index (χ3n) is 5.72. The number of amides is 2. The molecule has 2 N–H and O–H groups in total. The zero-order chi connectivity index (χ0) is 24.9. The number of aromatic carboxylic acids is 1. The summed E-state index contributed by atoms with van der Waals surface area (Å²) < 4.78 is 10.4. The Labute approximate surface area is 199 Å². The summed E-state index contributed by atoms with van der Waals surface area (Å²) in [7, 11) is 1.40. The molecule has 1 heterocycles. The molecule has 2 aromatic carbocycles. The molecule has 34 heavy (non-hydrogen) atoms. The number of nitrogens with one attached hydrogen (secondary N) is 1. The van der Waals surface area contributed by atoms with Crippen LogP contribution < -0.4 is 10.1 Å². The van der Waals surface area contributed by atoms with Crippen LogP contribution in [0.15, 0.2) is 42.5 Å². The van der Waals surface area contributed by atoms with Crippen LogP contribution in [0.25, 0.3) is 0 Å². The van der Waals surface area contributed by atoms with Crippen molar-refractivity contribution in [2.45, 2.75) is 51.7 Å². The second kappa shape index (κ2) is 10.6. The van der Waals surface area contributed by atoms with Gasteiger partial charge in [-0.25, -0.2) is 9.59 Å². The van der Waals surface area contributed by atoms with Crippen molar-refractivity contribution in [3.63, 3.8) is 0 Å². The quantitative estimate of drug-likeness (QED) is 0.650. The number of benzene rings is 2. The van der Waals surface area contributed by atoms with E-state index in [1.807, 2.05) is 32.9 Å². The van der Waals surface area contributed by atoms with Gasteiger partial charge in [0.05, 0.1) is 7.11 Å². The van der Waals surface area contributed by atoms with Gasteiger partial charge in [-0.1, -0.05) is 24.3 Å². The Morgan fingerprint density at radius 3 is 2.41 bits per heavy atom. The van der Waals surface area contributed by atoms with Gasteiger partial charge >= 0.3 is 12.1 Å². The second-order valence-electron chi connectivity index (χ2n) is 9.39. The maximum atomic E-state index is 13.0. The molecular formula is C26H32N2O6. The van der Waals surface area contributed by atoms with Crippen molar-refractivity contribution < 1.29 is 29.0 Å². The predicted molar refractivity (Wildman–Crippen MR) is 127 cm³/mol. The van der Waals surface area contributed by atoms with Gasteiger partial charge < -0.3 is 24.8 Å². The number of methoxy groups -OCH3 is 1. The first-order valence-corrected chi connectivity index (χ1v) is 11.3. The zero-order valence-electron chi connectivity index (χ0n) is 20.1. The van der Waals surface area contributed by atoms with Gasteiger partial charge in [-0.3, -0.25) is 4.79 Å². The topological polar surface area (TPSA) is 105 Å². The lowest BCUT2D eigenvalue weighted by atomic mass is 9.88. The summed E-state index contributed by atoms with van der Waals surface area (Å²) in [6, 6.07) is 12.6. The van der Waals surface area contributed by atoms with Gasteiger partial charge in [-0.05, 0) is 68.9 Å². The third-order valence-corrected chi connectivity index (χ3v) is 5.72. The number of likely N-dealkylation sites (tertiary alicyclic amines) is 1. The van der Waals surface area contributed by atoms with Gasteiger partial charge in [0.2, 0.25) is 0 Å². The van der Waals surface area contributed by atoms with E-state index in [4.69, 9.17) is 9.47 Å². The first kappa shape index (κ1) is 25.1. The van der Waals surface area contributed by atoms with Crippen LogP contribution in [-0.2, 0) is 11.3 Å². The predicted octanol–water partition coefficient (Wildman–Crippen LogP) is 4.44. The number of alkyl carbamates (subject to hydrolysis) is 1. The number of rotatable bonds is 6. The largest absolute Gasteiger partial charge is 0.496 e. The summed E-state index contributed by atoms with van der Waals surface area (Å²) in [6.45, 7) is 7.01. The number of ether oxygens (including phenoxy) is 2. The van der Waals surface area contributed by atoms with Crippen molar-refractivity contribution in [2.24, 2.45) is 0 Å². The number of carboxylic acids is 1. The molecule has 8 heteroatoms. The summed E-state index contributed by atoms with van der Waals surface area (Å²) in [5.41, 5.74) is 1.93. The van der Waals surface area contributed by atoms with Crippen LogP contribution in [0.4, 0.5) is 4.79 Å². The molecule has 0 aromatic heterocycles. The Morgan fingerprint density at radius 1 is 1.09 bits per heavy atom. The first-order valence-electron chi connectivity index (χ1n) is 11.3. The van der Waals surface area contributed by atoms with Gasteiger partial charge in [0.25, 0.3) is 5.91 Å². The Balaban J connectivity index is 1.59. The molecule has 1 fully saturated rings. The van der Waals surface area contributed by atoms with Crippen LogP contribution in [0.3, 0.4) is 0 Å². The van der Waals surface area contributed by atoms with Crippen molar-refractivity contribution in [1.29, 1.82) is 0 Å². The molecule has 1 aliphatic rings. The molecule has 0 atom stereocenters. The molecule has 182 valence electrons. The van der Waals surface area contributed by atoms with E-state index in [2.05, 4.69) is 17.4 Å². The number of nitrogens with zero attached hydrogens (tertiary/aromatic N) is 1. The molecule has 1 saturated heterocycles. The summed E-state index contributed by atoms with van der Waals surface area (Å²) in [5, 5.41) is 12.2. The molecule has 1 aliphatic heterocycles. The zero-order valence-corrected chi connectivity index (χ0v) is 20.1. The fourth-order valence-electron chi connectivity index (χ4n) is 4.05.